The number of halogens is 2. The summed E-state index contributed by atoms with van der Waals surface area (Å²) in [6.07, 6.45) is 3.62. The van der Waals surface area contributed by atoms with Gasteiger partial charge in [0.1, 0.15) is 11.0 Å². The number of fused-ring (bicyclic) bond motifs is 2. The van der Waals surface area contributed by atoms with E-state index in [0.717, 1.165) is 87.8 Å². The van der Waals surface area contributed by atoms with Crippen molar-refractivity contribution in [1.82, 2.24) is 39.0 Å². The van der Waals surface area contributed by atoms with Gasteiger partial charge in [-0.3, -0.25) is 39.4 Å². The van der Waals surface area contributed by atoms with Gasteiger partial charge in [-0.1, -0.05) is 23.7 Å². The first-order chi connectivity index (χ1) is 45.0. The van der Waals surface area contributed by atoms with Crippen LogP contribution in [0.1, 0.15) is 27.7 Å². The van der Waals surface area contributed by atoms with Crippen LogP contribution in [-0.2, 0) is 42.7 Å². The molecule has 8 N–H and O–H groups in total. The van der Waals surface area contributed by atoms with E-state index in [2.05, 4.69) is 69.8 Å². The van der Waals surface area contributed by atoms with Crippen LogP contribution in [0.3, 0.4) is 0 Å². The number of carbonyl (C=O) groups is 4. The van der Waals surface area contributed by atoms with E-state index in [0.29, 0.717) is 66.4 Å². The second-order valence-electron chi connectivity index (χ2n) is 20.6. The topological polar surface area (TPSA) is 367 Å². The highest BCUT2D eigenvalue weighted by Gasteiger charge is 2.19. The molecule has 0 radical (unpaired) electrons. The second kappa shape index (κ2) is 34.3. The maximum Gasteiger partial charge on any atom is 0.269 e. The van der Waals surface area contributed by atoms with E-state index in [9.17, 15) is 39.4 Å². The predicted octanol–water partition coefficient (Wildman–Crippen LogP) is 10.8. The molecule has 2 saturated heterocycles. The number of nitro groups is 2. The fraction of sp³-hybridized carbons (Fsp3) is 0.219. The van der Waals surface area contributed by atoms with Crippen LogP contribution in [0.5, 0.6) is 0 Å². The number of aryl methyl sites for hydroxylation is 2. The molecule has 12 rings (SSSR count). The van der Waals surface area contributed by atoms with Gasteiger partial charge in [0.2, 0.25) is 34.9 Å². The van der Waals surface area contributed by atoms with Gasteiger partial charge in [-0.05, 0) is 109 Å². The van der Waals surface area contributed by atoms with E-state index in [1.165, 1.54) is 76.2 Å². The summed E-state index contributed by atoms with van der Waals surface area (Å²) in [5.74, 6) is 1.64. The molecule has 10 aromatic rings. The number of nitro benzene ring substituents is 2. The van der Waals surface area contributed by atoms with Gasteiger partial charge in [-0.25, -0.2) is 24.9 Å². The van der Waals surface area contributed by atoms with Crippen molar-refractivity contribution in [1.29, 1.82) is 0 Å². The Morgan fingerprint density at radius 1 is 0.500 bits per heavy atom. The molecule has 30 heteroatoms. The van der Waals surface area contributed by atoms with Crippen molar-refractivity contribution in [2.75, 3.05) is 95.1 Å². The van der Waals surface area contributed by atoms with Gasteiger partial charge < -0.3 is 61.1 Å². The van der Waals surface area contributed by atoms with E-state index in [1.807, 2.05) is 84.2 Å². The number of ether oxygens (including phenoxy) is 2. The first-order valence-electron chi connectivity index (χ1n) is 28.8. The average Bonchev–Trinajstić information content (AvgIpc) is 1.48. The molecular weight excluding hydrogens is 1250 g/mol. The molecule has 0 atom stereocenters. The first kappa shape index (κ1) is 70.3. The molecule has 28 nitrogen and oxygen atoms in total. The number of amides is 3. The van der Waals surface area contributed by atoms with E-state index < -0.39 is 9.85 Å². The summed E-state index contributed by atoms with van der Waals surface area (Å²) in [6.45, 7) is 11.4. The molecule has 488 valence electrons. The first-order valence-corrected chi connectivity index (χ1v) is 29.6. The Kier molecular flexibility index (Phi) is 25.6. The smallest absolute Gasteiger partial charge is 0.269 e. The lowest BCUT2D eigenvalue weighted by molar-refractivity contribution is -0.385. The maximum atomic E-state index is 11.3. The highest BCUT2D eigenvalue weighted by atomic mass is 35.5. The largest absolute Gasteiger partial charge is 0.399 e. The number of hydrogen-bond donors (Lipinski definition) is 6. The van der Waals surface area contributed by atoms with Gasteiger partial charge in [-0.2, -0.15) is 4.98 Å². The number of benzene rings is 6. The third-order valence-corrected chi connectivity index (χ3v) is 13.4. The second-order valence-corrected chi connectivity index (χ2v) is 21.5. The molecule has 0 unspecified atom stereocenters. The number of anilines is 9. The molecule has 0 aliphatic carbocycles. The quantitative estimate of drug-likeness (QED) is 0.0230. The maximum absolute atomic E-state index is 11.3. The number of imidazole rings is 2. The van der Waals surface area contributed by atoms with E-state index in [4.69, 9.17) is 47.5 Å². The van der Waals surface area contributed by atoms with E-state index in [1.54, 1.807) is 36.7 Å². The number of morpholine rings is 2. The van der Waals surface area contributed by atoms with Crippen molar-refractivity contribution in [3.05, 3.63) is 184 Å². The Balaban J connectivity index is 0.000000177. The van der Waals surface area contributed by atoms with Crippen LogP contribution in [0.25, 0.3) is 44.6 Å². The molecule has 94 heavy (non-hydrogen) atoms. The van der Waals surface area contributed by atoms with Gasteiger partial charge >= 0.3 is 0 Å². The lowest BCUT2D eigenvalue weighted by Crippen LogP contribution is -2.37. The Bertz CT molecular complexity index is 4220. The third-order valence-electron chi connectivity index (χ3n) is 13.2. The SMILES string of the molecule is CC(=O)Cl.CC(=O)Nc1ccc(N)cc1.CC(=O)Nc1ccc(Nc2cc(-c3ccc4ncn(C)c4c3)nc(N3CCOCC3)n2)cc1.CC(=O)Nc1ccc([N+](=O)[O-])cc1.Cn1cnc2ccc(-c3cc(Cl)nc(N4CCOCC4)n3)cc21.Nc1ccc([N+](=O)[O-])cc1. The summed E-state index contributed by atoms with van der Waals surface area (Å²) in [5, 5.41) is 31.7. The standard InChI is InChI=1S/C24H25N7O2.C16H16ClN5O.C8H8N2O3.C8H10N2O.C6H6N2O2.C2H3ClO/c1-16(32)26-18-4-6-19(7-5-18)27-23-14-21(28-24(29-23)31-9-11-33-12-10-31)17-3-8-20-22(13-17)30(2)15-25-20;1-21-10-18-12-3-2-11(8-14(12)21)13-9-15(17)20-16(19-13)22-4-6-23-7-5-22;1-6(11)9-7-2-4-8(5-3-7)10(12)13;1-6(11)10-8-4-2-7(9)3-5-8;7-5-1-3-6(4-2-5)8(9)10;1-2(3)4/h3-8,13-15H,9-12H2,1-2H3,(H,26,32)(H,27,28,29);2-3,8-10H,4-7H2,1H3;2-5H,1H3,(H,9,11);2-5H,9H2,1H3,(H,10,11);1-4H,7H2;1H3. The van der Waals surface area contributed by atoms with Gasteiger partial charge in [0.25, 0.3) is 11.4 Å². The number of aromatic nitrogens is 8. The van der Waals surface area contributed by atoms with Crippen LogP contribution in [0.2, 0.25) is 5.15 Å². The molecule has 6 aromatic carbocycles. The lowest BCUT2D eigenvalue weighted by atomic mass is 10.1. The molecule has 6 heterocycles. The molecule has 0 spiro atoms. The van der Waals surface area contributed by atoms with Crippen molar-refractivity contribution in [2.24, 2.45) is 14.1 Å². The van der Waals surface area contributed by atoms with Gasteiger partial charge in [-0.15, -0.1) is 0 Å². The number of hydrogen-bond acceptors (Lipinski definition) is 21. The van der Waals surface area contributed by atoms with Crippen molar-refractivity contribution in [2.45, 2.75) is 27.7 Å². The molecule has 0 saturated carbocycles. The summed E-state index contributed by atoms with van der Waals surface area (Å²) in [6, 6.07) is 41.9. The molecule has 2 aliphatic heterocycles. The summed E-state index contributed by atoms with van der Waals surface area (Å²) in [7, 11) is 3.96. The average molecular weight is 1320 g/mol. The molecular formula is C64H68Cl2N18O10. The van der Waals surface area contributed by atoms with Gasteiger partial charge in [0.05, 0.1) is 82.4 Å². The summed E-state index contributed by atoms with van der Waals surface area (Å²) in [4.78, 5) is 92.7. The zero-order valence-corrected chi connectivity index (χ0v) is 53.5. The number of non-ortho nitro benzene ring substituents is 2. The number of nitrogens with two attached hydrogens (primary N) is 2. The van der Waals surface area contributed by atoms with Gasteiger partial charge in [0.15, 0.2) is 0 Å². The van der Waals surface area contributed by atoms with E-state index in [-0.39, 0.29) is 34.3 Å². The van der Waals surface area contributed by atoms with Crippen LogP contribution in [-0.4, -0.2) is 124 Å². The Labute approximate surface area is 549 Å². The summed E-state index contributed by atoms with van der Waals surface area (Å²) < 4.78 is 14.9. The molecule has 2 fully saturated rings. The minimum Gasteiger partial charge on any atom is -0.399 e. The molecule has 0 bridgehead atoms. The minimum absolute atomic E-state index is 0.00843. The zero-order valence-electron chi connectivity index (χ0n) is 52.0. The fourth-order valence-electron chi connectivity index (χ4n) is 8.80. The number of nitrogens with zero attached hydrogens (tertiary/aromatic N) is 12. The highest BCUT2D eigenvalue weighted by molar-refractivity contribution is 6.62. The minimum atomic E-state index is -0.489. The number of carbonyl (C=O) groups excluding carboxylic acids is 4. The van der Waals surface area contributed by atoms with Crippen molar-refractivity contribution < 1.29 is 38.5 Å². The van der Waals surface area contributed by atoms with Crippen molar-refractivity contribution in [3.8, 4) is 22.5 Å². The van der Waals surface area contributed by atoms with Crippen LogP contribution in [0.15, 0.2) is 158 Å². The number of nitrogen functional groups attached to an aromatic ring is 2. The fourth-order valence-corrected chi connectivity index (χ4v) is 8.98. The molecule has 3 amide bonds. The third kappa shape index (κ3) is 22.0. The van der Waals surface area contributed by atoms with Crippen molar-refractivity contribution >= 4 is 131 Å². The Morgan fingerprint density at radius 2 is 0.851 bits per heavy atom. The van der Waals surface area contributed by atoms with Crippen LogP contribution >= 0.6 is 23.2 Å². The normalized spacial score (nSPS) is 12.2. The van der Waals surface area contributed by atoms with E-state index >= 15 is 0 Å². The Morgan fingerprint density at radius 3 is 1.26 bits per heavy atom. The summed E-state index contributed by atoms with van der Waals surface area (Å²) >= 11 is 10.9. The molecule has 4 aromatic heterocycles. The van der Waals surface area contributed by atoms with Crippen LogP contribution < -0.4 is 42.5 Å². The highest BCUT2D eigenvalue weighted by Crippen LogP contribution is 2.30. The van der Waals surface area contributed by atoms with Crippen LogP contribution in [0, 0.1) is 20.2 Å². The zero-order chi connectivity index (χ0) is 67.8. The number of rotatable bonds is 11. The lowest BCUT2D eigenvalue weighted by Gasteiger charge is -2.27. The monoisotopic (exact) mass is 1320 g/mol. The Hall–Kier alpha value is -11.2. The van der Waals surface area contributed by atoms with Gasteiger partial charge in [0, 0.05) is 150 Å². The number of nitrogens with one attached hydrogen (secondary N) is 4. The van der Waals surface area contributed by atoms with Crippen LogP contribution in [0.4, 0.5) is 63.2 Å². The van der Waals surface area contributed by atoms with Crippen molar-refractivity contribution in [3.63, 3.8) is 0 Å². The summed E-state index contributed by atoms with van der Waals surface area (Å²) in [5.41, 5.74) is 22.6. The molecule has 2 aliphatic rings. The predicted molar refractivity (Wildman–Crippen MR) is 365 cm³/mol.